The van der Waals surface area contributed by atoms with Crippen molar-refractivity contribution in [2.45, 2.75) is 40.0 Å². The number of carbonyl (C=O) groups is 1. The molecule has 0 saturated heterocycles. The summed E-state index contributed by atoms with van der Waals surface area (Å²) in [5.74, 6) is -0.354. The molecule has 0 heterocycles. The van der Waals surface area contributed by atoms with Gasteiger partial charge in [-0.15, -0.1) is 12.4 Å². The van der Waals surface area contributed by atoms with Gasteiger partial charge in [-0.05, 0) is 44.8 Å². The quantitative estimate of drug-likeness (QED) is 0.312. The molecule has 0 aliphatic heterocycles. The van der Waals surface area contributed by atoms with E-state index in [0.29, 0.717) is 12.0 Å². The van der Waals surface area contributed by atoms with Gasteiger partial charge in [-0.3, -0.25) is 4.79 Å². The summed E-state index contributed by atoms with van der Waals surface area (Å²) < 4.78 is 0. The summed E-state index contributed by atoms with van der Waals surface area (Å²) in [5, 5.41) is 13.5. The maximum absolute atomic E-state index is 10.9. The Kier molecular flexibility index (Phi) is 11.9. The molecule has 0 rings (SSSR count). The van der Waals surface area contributed by atoms with Crippen LogP contribution in [0.25, 0.3) is 0 Å². The van der Waals surface area contributed by atoms with Gasteiger partial charge < -0.3 is 15.4 Å². The summed E-state index contributed by atoms with van der Waals surface area (Å²) in [7, 11) is 2.10. The largest absolute Gasteiger partial charge is 0.411 e. The van der Waals surface area contributed by atoms with Crippen molar-refractivity contribution in [2.75, 3.05) is 26.7 Å². The molecule has 114 valence electrons. The predicted octanol–water partition coefficient (Wildman–Crippen LogP) is 2.13. The molecule has 0 aromatic rings. The summed E-state index contributed by atoms with van der Waals surface area (Å²) in [6.07, 6.45) is 4.19. The van der Waals surface area contributed by atoms with Crippen molar-refractivity contribution in [3.05, 3.63) is 0 Å². The molecule has 0 radical (unpaired) electrons. The van der Waals surface area contributed by atoms with Crippen LogP contribution in [-0.4, -0.2) is 48.9 Å². The number of nitrogens with one attached hydrogen (secondary N) is 1. The standard InChI is InChI=1S/C13H27N3O2.ClH/c1-13(2,3)7-5-9-16(4)10-6-8-14-12(17)11-15-18;/h11,18H,5-10H2,1-4H3,(H,14,17);1H. The fraction of sp³-hybridized carbons (Fsp3) is 0.846. The van der Waals surface area contributed by atoms with E-state index in [9.17, 15) is 4.79 Å². The highest BCUT2D eigenvalue weighted by atomic mass is 35.5. The van der Waals surface area contributed by atoms with Crippen molar-refractivity contribution in [2.24, 2.45) is 10.6 Å². The Morgan fingerprint density at radius 2 is 1.89 bits per heavy atom. The van der Waals surface area contributed by atoms with E-state index < -0.39 is 0 Å². The van der Waals surface area contributed by atoms with Gasteiger partial charge in [0.1, 0.15) is 6.21 Å². The molecule has 0 aliphatic carbocycles. The molecular formula is C13H28ClN3O2. The first-order valence-corrected chi connectivity index (χ1v) is 6.49. The first-order valence-electron chi connectivity index (χ1n) is 6.49. The Balaban J connectivity index is 0. The fourth-order valence-electron chi connectivity index (χ4n) is 1.65. The molecule has 0 aromatic carbocycles. The minimum atomic E-state index is -0.354. The van der Waals surface area contributed by atoms with Crippen LogP contribution in [0, 0.1) is 5.41 Å². The first-order chi connectivity index (χ1) is 8.35. The van der Waals surface area contributed by atoms with Gasteiger partial charge in [-0.25, -0.2) is 0 Å². The summed E-state index contributed by atoms with van der Waals surface area (Å²) in [6, 6.07) is 0. The van der Waals surface area contributed by atoms with Gasteiger partial charge in [0, 0.05) is 6.54 Å². The van der Waals surface area contributed by atoms with Gasteiger partial charge in [0.2, 0.25) is 0 Å². The van der Waals surface area contributed by atoms with E-state index in [1.807, 2.05) is 0 Å². The van der Waals surface area contributed by atoms with Crippen molar-refractivity contribution in [1.82, 2.24) is 10.2 Å². The number of oxime groups is 1. The third kappa shape index (κ3) is 15.1. The second kappa shape index (κ2) is 11.1. The van der Waals surface area contributed by atoms with E-state index >= 15 is 0 Å². The molecule has 0 fully saturated rings. The number of hydrogen-bond donors (Lipinski definition) is 2. The van der Waals surface area contributed by atoms with Gasteiger partial charge in [-0.2, -0.15) is 0 Å². The molecule has 1 amide bonds. The number of amides is 1. The van der Waals surface area contributed by atoms with E-state index in [-0.39, 0.29) is 18.3 Å². The molecule has 0 aliphatic rings. The minimum absolute atomic E-state index is 0. The Bertz CT molecular complexity index is 265. The van der Waals surface area contributed by atoms with Crippen LogP contribution in [0.1, 0.15) is 40.0 Å². The second-order valence-corrected chi connectivity index (χ2v) is 5.86. The number of halogens is 1. The maximum Gasteiger partial charge on any atom is 0.265 e. The van der Waals surface area contributed by atoms with E-state index in [1.165, 1.54) is 12.8 Å². The van der Waals surface area contributed by atoms with Gasteiger partial charge in [0.15, 0.2) is 0 Å². The van der Waals surface area contributed by atoms with Crippen LogP contribution in [-0.2, 0) is 4.79 Å². The summed E-state index contributed by atoms with van der Waals surface area (Å²) in [4.78, 5) is 13.2. The van der Waals surface area contributed by atoms with E-state index in [2.05, 4.69) is 43.2 Å². The lowest BCUT2D eigenvalue weighted by molar-refractivity contribution is -0.114. The average molecular weight is 294 g/mol. The fourth-order valence-corrected chi connectivity index (χ4v) is 1.65. The van der Waals surface area contributed by atoms with Gasteiger partial charge in [-0.1, -0.05) is 25.9 Å². The first kappa shape index (κ1) is 20.5. The average Bonchev–Trinajstić information content (AvgIpc) is 2.23. The lowest BCUT2D eigenvalue weighted by Crippen LogP contribution is -2.29. The van der Waals surface area contributed by atoms with Crippen molar-refractivity contribution < 1.29 is 10.0 Å². The van der Waals surface area contributed by atoms with Gasteiger partial charge >= 0.3 is 0 Å². The summed E-state index contributed by atoms with van der Waals surface area (Å²) in [6.45, 7) is 9.42. The highest BCUT2D eigenvalue weighted by molar-refractivity contribution is 6.25. The van der Waals surface area contributed by atoms with Crippen LogP contribution < -0.4 is 5.32 Å². The monoisotopic (exact) mass is 293 g/mol. The van der Waals surface area contributed by atoms with E-state index in [4.69, 9.17) is 5.21 Å². The molecule has 0 bridgehead atoms. The van der Waals surface area contributed by atoms with Crippen LogP contribution >= 0.6 is 12.4 Å². The lowest BCUT2D eigenvalue weighted by Gasteiger charge is -2.21. The van der Waals surface area contributed by atoms with Crippen LogP contribution in [0.4, 0.5) is 0 Å². The number of carbonyl (C=O) groups excluding carboxylic acids is 1. The van der Waals surface area contributed by atoms with Crippen LogP contribution in [0.2, 0.25) is 0 Å². The molecule has 5 nitrogen and oxygen atoms in total. The van der Waals surface area contributed by atoms with Crippen molar-refractivity contribution >= 4 is 24.5 Å². The van der Waals surface area contributed by atoms with Gasteiger partial charge in [0.25, 0.3) is 5.91 Å². The molecule has 0 atom stereocenters. The molecule has 2 N–H and O–H groups in total. The number of nitrogens with zero attached hydrogens (tertiary/aromatic N) is 2. The van der Waals surface area contributed by atoms with Crippen molar-refractivity contribution in [3.63, 3.8) is 0 Å². The maximum atomic E-state index is 10.9. The highest BCUT2D eigenvalue weighted by Gasteiger charge is 2.09. The third-order valence-electron chi connectivity index (χ3n) is 2.66. The van der Waals surface area contributed by atoms with Crippen LogP contribution in [0.15, 0.2) is 5.16 Å². The zero-order valence-electron chi connectivity index (χ0n) is 12.5. The predicted molar refractivity (Wildman–Crippen MR) is 81.3 cm³/mol. The molecule has 0 saturated carbocycles. The Morgan fingerprint density at radius 1 is 1.32 bits per heavy atom. The topological polar surface area (TPSA) is 64.9 Å². The molecule has 6 heteroatoms. The summed E-state index contributed by atoms with van der Waals surface area (Å²) in [5.41, 5.74) is 0.401. The normalized spacial score (nSPS) is 11.6. The molecule has 0 unspecified atom stereocenters. The Morgan fingerprint density at radius 3 is 2.42 bits per heavy atom. The minimum Gasteiger partial charge on any atom is -0.411 e. The Labute approximate surface area is 122 Å². The zero-order valence-corrected chi connectivity index (χ0v) is 13.3. The van der Waals surface area contributed by atoms with E-state index in [1.54, 1.807) is 0 Å². The van der Waals surface area contributed by atoms with Crippen molar-refractivity contribution in [1.29, 1.82) is 0 Å². The Hall–Kier alpha value is -0.810. The number of rotatable bonds is 8. The summed E-state index contributed by atoms with van der Waals surface area (Å²) >= 11 is 0. The molecular weight excluding hydrogens is 266 g/mol. The van der Waals surface area contributed by atoms with Crippen LogP contribution in [0.3, 0.4) is 0 Å². The highest BCUT2D eigenvalue weighted by Crippen LogP contribution is 2.20. The lowest BCUT2D eigenvalue weighted by atomic mass is 9.90. The zero-order chi connectivity index (χ0) is 14.0. The third-order valence-corrected chi connectivity index (χ3v) is 2.66. The van der Waals surface area contributed by atoms with Crippen molar-refractivity contribution in [3.8, 4) is 0 Å². The molecule has 0 spiro atoms. The smallest absolute Gasteiger partial charge is 0.265 e. The SMILES string of the molecule is CN(CCCNC(=O)C=NO)CCCC(C)(C)C.Cl. The van der Waals surface area contributed by atoms with Gasteiger partial charge in [0.05, 0.1) is 0 Å². The van der Waals surface area contributed by atoms with Crippen LogP contribution in [0.5, 0.6) is 0 Å². The molecule has 0 aromatic heterocycles. The van der Waals surface area contributed by atoms with E-state index in [0.717, 1.165) is 25.7 Å². The number of hydrogen-bond acceptors (Lipinski definition) is 4. The molecule has 19 heavy (non-hydrogen) atoms. The second-order valence-electron chi connectivity index (χ2n) is 5.86.